The molecule has 0 aliphatic carbocycles. The quantitative estimate of drug-likeness (QED) is 0.348. The second kappa shape index (κ2) is 5.32. The molecule has 5 nitrogen and oxygen atoms in total. The van der Waals surface area contributed by atoms with Crippen LogP contribution < -0.4 is 0 Å². The van der Waals surface area contributed by atoms with Crippen molar-refractivity contribution in [2.75, 3.05) is 0 Å². The Morgan fingerprint density at radius 2 is 2.09 bits per heavy atom. The summed E-state index contributed by atoms with van der Waals surface area (Å²) in [6.45, 7) is 0. The van der Waals surface area contributed by atoms with Gasteiger partial charge in [-0.05, 0) is 6.42 Å². The minimum absolute atomic E-state index is 0.0367. The lowest BCUT2D eigenvalue weighted by Crippen LogP contribution is -2.02. The van der Waals surface area contributed by atoms with Gasteiger partial charge in [0, 0.05) is 12.8 Å². The Kier molecular flexibility index (Phi) is 4.60. The van der Waals surface area contributed by atoms with Crippen molar-refractivity contribution in [3.05, 3.63) is 5.53 Å². The summed E-state index contributed by atoms with van der Waals surface area (Å²) in [7, 11) is 0. The average Bonchev–Trinajstić information content (AvgIpc) is 1.87. The molecule has 1 N–H and O–H groups in total. The Balaban J connectivity index is 3.47. The molecule has 0 aromatic rings. The van der Waals surface area contributed by atoms with Crippen molar-refractivity contribution in [2.24, 2.45) is 0 Å². The Morgan fingerprint density at radius 3 is 2.55 bits per heavy atom. The van der Waals surface area contributed by atoms with Gasteiger partial charge < -0.3 is 10.6 Å². The second-order valence-corrected chi connectivity index (χ2v) is 1.96. The number of carbonyl (C=O) groups is 2. The summed E-state index contributed by atoms with van der Waals surface area (Å²) in [6.07, 6.45) is 1.11. The fraction of sp³-hybridized carbons (Fsp3) is 0.500. The van der Waals surface area contributed by atoms with Crippen molar-refractivity contribution in [1.29, 1.82) is 0 Å². The predicted octanol–water partition coefficient (Wildman–Crippen LogP) is 0.111. The summed E-state index contributed by atoms with van der Waals surface area (Å²) in [6, 6.07) is 0. The molecule has 0 fully saturated rings. The van der Waals surface area contributed by atoms with E-state index in [-0.39, 0.29) is 25.0 Å². The number of hydrogen-bond donors (Lipinski definition) is 1. The number of Topliss-reactive ketones (excluding diaryl/α,β-unsaturated/α-hetero) is 1. The number of ketones is 1. The van der Waals surface area contributed by atoms with Gasteiger partial charge in [-0.3, -0.25) is 9.59 Å². The van der Waals surface area contributed by atoms with Crippen LogP contribution in [-0.4, -0.2) is 27.9 Å². The van der Waals surface area contributed by atoms with Crippen LogP contribution in [0.1, 0.15) is 19.3 Å². The standard InChI is InChI=1S/C6H8N2O3/c7-8-4-5(9)2-1-3-6(10)11/h4H,1-3H2,(H,10,11). The first-order valence-corrected chi connectivity index (χ1v) is 3.09. The molecule has 11 heavy (non-hydrogen) atoms. The zero-order valence-corrected chi connectivity index (χ0v) is 5.86. The Bertz CT molecular complexity index is 206. The van der Waals surface area contributed by atoms with E-state index in [1.165, 1.54) is 0 Å². The minimum atomic E-state index is -0.932. The number of hydrogen-bond acceptors (Lipinski definition) is 2. The molecule has 0 bridgehead atoms. The highest BCUT2D eigenvalue weighted by atomic mass is 16.4. The highest BCUT2D eigenvalue weighted by Crippen LogP contribution is 1.94. The van der Waals surface area contributed by atoms with Crippen molar-refractivity contribution in [2.45, 2.75) is 19.3 Å². The first-order chi connectivity index (χ1) is 5.16. The molecular weight excluding hydrogens is 148 g/mol. The average molecular weight is 156 g/mol. The number of rotatable bonds is 5. The number of aliphatic carboxylic acids is 1. The van der Waals surface area contributed by atoms with E-state index < -0.39 is 5.97 Å². The van der Waals surface area contributed by atoms with Crippen LogP contribution in [0.5, 0.6) is 0 Å². The van der Waals surface area contributed by atoms with Crippen molar-refractivity contribution in [3.8, 4) is 0 Å². The van der Waals surface area contributed by atoms with Gasteiger partial charge in [-0.25, -0.2) is 0 Å². The number of carboxylic acids is 1. The zero-order valence-electron chi connectivity index (χ0n) is 5.86. The Morgan fingerprint density at radius 1 is 1.45 bits per heavy atom. The Labute approximate surface area is 63.3 Å². The van der Waals surface area contributed by atoms with Crippen LogP contribution in [0, 0.1) is 0 Å². The van der Waals surface area contributed by atoms with Gasteiger partial charge in [0.05, 0.1) is 0 Å². The maximum absolute atomic E-state index is 10.5. The molecule has 0 spiro atoms. The van der Waals surface area contributed by atoms with E-state index in [0.29, 0.717) is 0 Å². The van der Waals surface area contributed by atoms with Crippen LogP contribution in [0.25, 0.3) is 5.53 Å². The normalized spacial score (nSPS) is 8.36. The molecule has 5 heteroatoms. The zero-order chi connectivity index (χ0) is 8.69. The summed E-state index contributed by atoms with van der Waals surface area (Å²) in [4.78, 5) is 23.0. The van der Waals surface area contributed by atoms with Crippen LogP contribution in [0.3, 0.4) is 0 Å². The third-order valence-corrected chi connectivity index (χ3v) is 1.02. The highest BCUT2D eigenvalue weighted by molar-refractivity contribution is 6.25. The van der Waals surface area contributed by atoms with Gasteiger partial charge in [0.15, 0.2) is 0 Å². The first kappa shape index (κ1) is 9.52. The van der Waals surface area contributed by atoms with E-state index in [1.807, 2.05) is 0 Å². The molecule has 0 radical (unpaired) electrons. The lowest BCUT2D eigenvalue weighted by molar-refractivity contribution is -0.137. The largest absolute Gasteiger partial charge is 0.481 e. The molecule has 0 amide bonds. The SMILES string of the molecule is [N-]=[N+]=CC(=O)CCCC(=O)O. The van der Waals surface area contributed by atoms with Gasteiger partial charge in [0.2, 0.25) is 5.78 Å². The van der Waals surface area contributed by atoms with Crippen LogP contribution in [0.2, 0.25) is 0 Å². The van der Waals surface area contributed by atoms with Crippen molar-refractivity contribution >= 4 is 18.0 Å². The number of nitrogens with zero attached hydrogens (tertiary/aromatic N) is 2. The lowest BCUT2D eigenvalue weighted by Gasteiger charge is -1.88. The molecule has 0 rings (SSSR count). The number of carboxylic acid groups (broad SMARTS) is 1. The smallest absolute Gasteiger partial charge is 0.323 e. The topological polar surface area (TPSA) is 90.8 Å². The highest BCUT2D eigenvalue weighted by Gasteiger charge is 2.03. The van der Waals surface area contributed by atoms with E-state index in [2.05, 4.69) is 4.79 Å². The monoisotopic (exact) mass is 156 g/mol. The van der Waals surface area contributed by atoms with Gasteiger partial charge in [0.25, 0.3) is 0 Å². The van der Waals surface area contributed by atoms with E-state index in [4.69, 9.17) is 10.6 Å². The molecule has 0 saturated heterocycles. The van der Waals surface area contributed by atoms with Gasteiger partial charge in [-0.2, -0.15) is 4.79 Å². The number of carbonyl (C=O) groups excluding carboxylic acids is 1. The fourth-order valence-corrected chi connectivity index (χ4v) is 0.543. The second-order valence-electron chi connectivity index (χ2n) is 1.96. The van der Waals surface area contributed by atoms with E-state index in [9.17, 15) is 9.59 Å². The molecule has 0 atom stereocenters. The van der Waals surface area contributed by atoms with Crippen molar-refractivity contribution in [1.82, 2.24) is 0 Å². The van der Waals surface area contributed by atoms with E-state index >= 15 is 0 Å². The van der Waals surface area contributed by atoms with E-state index in [0.717, 1.165) is 6.21 Å². The Hall–Kier alpha value is -1.48. The summed E-state index contributed by atoms with van der Waals surface area (Å²) in [5, 5.41) is 8.16. The fourth-order valence-electron chi connectivity index (χ4n) is 0.543. The summed E-state index contributed by atoms with van der Waals surface area (Å²) >= 11 is 0. The van der Waals surface area contributed by atoms with Crippen LogP contribution in [0.15, 0.2) is 0 Å². The van der Waals surface area contributed by atoms with Gasteiger partial charge in [-0.1, -0.05) is 0 Å². The maximum Gasteiger partial charge on any atom is 0.323 e. The molecule has 0 saturated carbocycles. The third-order valence-electron chi connectivity index (χ3n) is 1.02. The molecular formula is C6H8N2O3. The molecule has 0 unspecified atom stereocenters. The first-order valence-electron chi connectivity index (χ1n) is 3.09. The molecule has 0 heterocycles. The maximum atomic E-state index is 10.5. The molecule has 0 aromatic heterocycles. The van der Waals surface area contributed by atoms with Gasteiger partial charge >= 0.3 is 12.2 Å². The summed E-state index contributed by atoms with van der Waals surface area (Å²) in [5.41, 5.74) is 7.88. The van der Waals surface area contributed by atoms with Gasteiger partial charge in [-0.15, -0.1) is 0 Å². The summed E-state index contributed by atoms with van der Waals surface area (Å²) < 4.78 is 0. The third kappa shape index (κ3) is 6.40. The minimum Gasteiger partial charge on any atom is -0.481 e. The molecule has 0 aliphatic heterocycles. The van der Waals surface area contributed by atoms with Crippen LogP contribution in [-0.2, 0) is 9.59 Å². The molecule has 60 valence electrons. The van der Waals surface area contributed by atoms with E-state index in [1.54, 1.807) is 0 Å². The van der Waals surface area contributed by atoms with Crippen molar-refractivity contribution < 1.29 is 19.5 Å². The lowest BCUT2D eigenvalue weighted by atomic mass is 10.2. The molecule has 0 aliphatic rings. The predicted molar refractivity (Wildman–Crippen MR) is 36.2 cm³/mol. The van der Waals surface area contributed by atoms with Gasteiger partial charge in [0.1, 0.15) is 0 Å². The summed E-state index contributed by atoms with van der Waals surface area (Å²) in [5.74, 6) is -1.30. The van der Waals surface area contributed by atoms with Crippen LogP contribution in [0.4, 0.5) is 0 Å². The molecule has 0 aromatic carbocycles. The van der Waals surface area contributed by atoms with Crippen molar-refractivity contribution in [3.63, 3.8) is 0 Å². The van der Waals surface area contributed by atoms with Crippen LogP contribution >= 0.6 is 0 Å².